The molecule has 0 amide bonds. The highest BCUT2D eigenvalue weighted by Gasteiger charge is 2.08. The van der Waals surface area contributed by atoms with Crippen molar-refractivity contribution in [2.45, 2.75) is 18.9 Å². The van der Waals surface area contributed by atoms with E-state index in [1.54, 1.807) is 18.2 Å². The second-order valence-electron chi connectivity index (χ2n) is 4.54. The van der Waals surface area contributed by atoms with Crippen molar-refractivity contribution in [1.29, 1.82) is 0 Å². The molecule has 0 bridgehead atoms. The highest BCUT2D eigenvalue weighted by Crippen LogP contribution is 2.17. The van der Waals surface area contributed by atoms with Crippen molar-refractivity contribution in [3.8, 4) is 0 Å². The lowest BCUT2D eigenvalue weighted by molar-refractivity contribution is 0.615. The van der Waals surface area contributed by atoms with Crippen LogP contribution in [-0.4, -0.2) is 6.04 Å². The van der Waals surface area contributed by atoms with Gasteiger partial charge in [-0.05, 0) is 48.2 Å². The van der Waals surface area contributed by atoms with Crippen molar-refractivity contribution in [3.63, 3.8) is 0 Å². The monoisotopic (exact) mass is 281 g/mol. The Bertz CT molecular complexity index is 555. The maximum atomic E-state index is 13.3. The Labute approximate surface area is 116 Å². The lowest BCUT2D eigenvalue weighted by Crippen LogP contribution is -2.25. The minimum atomic E-state index is -0.437. The van der Waals surface area contributed by atoms with Gasteiger partial charge in [-0.1, -0.05) is 29.8 Å². The van der Waals surface area contributed by atoms with E-state index < -0.39 is 5.82 Å². The average molecular weight is 282 g/mol. The summed E-state index contributed by atoms with van der Waals surface area (Å²) in [5, 5.41) is 0.107. The van der Waals surface area contributed by atoms with Gasteiger partial charge in [0.05, 0.1) is 5.02 Å². The van der Waals surface area contributed by atoms with E-state index in [4.69, 9.17) is 17.3 Å². The van der Waals surface area contributed by atoms with Crippen LogP contribution in [0, 0.1) is 11.6 Å². The van der Waals surface area contributed by atoms with Gasteiger partial charge in [-0.25, -0.2) is 8.78 Å². The second kappa shape index (κ2) is 6.13. The highest BCUT2D eigenvalue weighted by atomic mass is 35.5. The summed E-state index contributed by atoms with van der Waals surface area (Å²) in [6, 6.07) is 10.8. The Morgan fingerprint density at radius 2 is 1.53 bits per heavy atom. The predicted molar refractivity (Wildman–Crippen MR) is 73.2 cm³/mol. The molecule has 2 rings (SSSR count). The topological polar surface area (TPSA) is 26.0 Å². The molecule has 0 aliphatic heterocycles. The highest BCUT2D eigenvalue weighted by molar-refractivity contribution is 6.30. The van der Waals surface area contributed by atoms with Gasteiger partial charge in [-0.15, -0.1) is 0 Å². The van der Waals surface area contributed by atoms with E-state index in [0.29, 0.717) is 12.8 Å². The summed E-state index contributed by atoms with van der Waals surface area (Å²) in [7, 11) is 0. The third-order valence-corrected chi connectivity index (χ3v) is 3.20. The molecule has 0 saturated heterocycles. The molecule has 2 N–H and O–H groups in total. The normalized spacial score (nSPS) is 12.4. The Hall–Kier alpha value is -1.45. The Balaban J connectivity index is 1.98. The van der Waals surface area contributed by atoms with Crippen molar-refractivity contribution in [2.75, 3.05) is 0 Å². The molecule has 2 aromatic carbocycles. The number of benzene rings is 2. The molecule has 4 heteroatoms. The predicted octanol–water partition coefficient (Wildman–Crippen LogP) is 3.73. The molecule has 1 atom stereocenters. The first-order valence-corrected chi connectivity index (χ1v) is 6.36. The third-order valence-electron chi connectivity index (χ3n) is 2.89. The van der Waals surface area contributed by atoms with Crippen molar-refractivity contribution in [3.05, 3.63) is 70.2 Å². The van der Waals surface area contributed by atoms with E-state index >= 15 is 0 Å². The molecule has 0 spiro atoms. The number of nitrogens with two attached hydrogens (primary N) is 1. The number of rotatable bonds is 4. The summed E-state index contributed by atoms with van der Waals surface area (Å²) in [5.74, 6) is -0.703. The number of hydrogen-bond donors (Lipinski definition) is 1. The molecule has 0 fully saturated rings. The number of hydrogen-bond acceptors (Lipinski definition) is 1. The quantitative estimate of drug-likeness (QED) is 0.908. The zero-order valence-corrected chi connectivity index (χ0v) is 11.0. The summed E-state index contributed by atoms with van der Waals surface area (Å²) in [5.41, 5.74) is 7.78. The molecule has 1 nitrogen and oxygen atoms in total. The van der Waals surface area contributed by atoms with Crippen LogP contribution in [-0.2, 0) is 12.8 Å². The molecule has 0 heterocycles. The molecule has 0 aromatic heterocycles. The van der Waals surface area contributed by atoms with E-state index in [2.05, 4.69) is 0 Å². The van der Waals surface area contributed by atoms with Crippen LogP contribution in [0.2, 0.25) is 5.02 Å². The average Bonchev–Trinajstić information content (AvgIpc) is 2.37. The Morgan fingerprint density at radius 3 is 2.16 bits per heavy atom. The van der Waals surface area contributed by atoms with Crippen LogP contribution in [0.25, 0.3) is 0 Å². The van der Waals surface area contributed by atoms with E-state index in [0.717, 1.165) is 11.1 Å². The van der Waals surface area contributed by atoms with Gasteiger partial charge in [0, 0.05) is 6.04 Å². The largest absolute Gasteiger partial charge is 0.327 e. The first kappa shape index (κ1) is 14.0. The van der Waals surface area contributed by atoms with Crippen LogP contribution in [0.3, 0.4) is 0 Å². The van der Waals surface area contributed by atoms with Crippen LogP contribution in [0.4, 0.5) is 8.78 Å². The van der Waals surface area contributed by atoms with Crippen molar-refractivity contribution < 1.29 is 8.78 Å². The van der Waals surface area contributed by atoms with Gasteiger partial charge in [0.1, 0.15) is 11.6 Å². The molecular weight excluding hydrogens is 268 g/mol. The van der Waals surface area contributed by atoms with E-state index in [9.17, 15) is 8.78 Å². The molecule has 0 aliphatic carbocycles. The van der Waals surface area contributed by atoms with Gasteiger partial charge in [0.25, 0.3) is 0 Å². The van der Waals surface area contributed by atoms with Crippen molar-refractivity contribution in [1.82, 2.24) is 0 Å². The fourth-order valence-corrected chi connectivity index (χ4v) is 2.08. The first-order chi connectivity index (χ1) is 9.04. The van der Waals surface area contributed by atoms with Gasteiger partial charge in [-0.2, -0.15) is 0 Å². The lowest BCUT2D eigenvalue weighted by Gasteiger charge is -2.12. The molecule has 0 aliphatic rings. The molecule has 100 valence electrons. The summed E-state index contributed by atoms with van der Waals surface area (Å²) in [4.78, 5) is 0. The molecule has 19 heavy (non-hydrogen) atoms. The standard InChI is InChI=1S/C15H14ClF2N/c16-14-6-3-11(9-15(14)18)8-13(19)7-10-1-4-12(17)5-2-10/h1-6,9,13H,7-8,19H2. The summed E-state index contributed by atoms with van der Waals surface area (Å²) < 4.78 is 26.1. The molecule has 1 unspecified atom stereocenters. The fourth-order valence-electron chi connectivity index (χ4n) is 1.96. The molecule has 2 aromatic rings. The van der Waals surface area contributed by atoms with E-state index in [-0.39, 0.29) is 16.9 Å². The zero-order chi connectivity index (χ0) is 13.8. The van der Waals surface area contributed by atoms with Crippen LogP contribution in [0.15, 0.2) is 42.5 Å². The van der Waals surface area contributed by atoms with Gasteiger partial charge >= 0.3 is 0 Å². The van der Waals surface area contributed by atoms with Crippen LogP contribution in [0.1, 0.15) is 11.1 Å². The summed E-state index contributed by atoms with van der Waals surface area (Å²) in [6.07, 6.45) is 1.16. The Kier molecular flexibility index (Phi) is 4.51. The first-order valence-electron chi connectivity index (χ1n) is 5.98. The van der Waals surface area contributed by atoms with Gasteiger partial charge in [-0.3, -0.25) is 0 Å². The molecular formula is C15H14ClF2N. The lowest BCUT2D eigenvalue weighted by atomic mass is 10.00. The molecule has 0 saturated carbocycles. The van der Waals surface area contributed by atoms with Crippen LogP contribution < -0.4 is 5.73 Å². The number of halogens is 3. The minimum absolute atomic E-state index is 0.107. The van der Waals surface area contributed by atoms with Gasteiger partial charge < -0.3 is 5.73 Å². The van der Waals surface area contributed by atoms with Crippen molar-refractivity contribution >= 4 is 11.6 Å². The summed E-state index contributed by atoms with van der Waals surface area (Å²) >= 11 is 5.62. The maximum Gasteiger partial charge on any atom is 0.142 e. The SMILES string of the molecule is NC(Cc1ccc(F)cc1)Cc1ccc(Cl)c(F)c1. The van der Waals surface area contributed by atoms with Gasteiger partial charge in [0.15, 0.2) is 0 Å². The second-order valence-corrected chi connectivity index (χ2v) is 4.95. The Morgan fingerprint density at radius 1 is 0.947 bits per heavy atom. The minimum Gasteiger partial charge on any atom is -0.327 e. The van der Waals surface area contributed by atoms with Gasteiger partial charge in [0.2, 0.25) is 0 Å². The van der Waals surface area contributed by atoms with Crippen LogP contribution in [0.5, 0.6) is 0 Å². The fraction of sp³-hybridized carbons (Fsp3) is 0.200. The molecule has 0 radical (unpaired) electrons. The van der Waals surface area contributed by atoms with E-state index in [1.807, 2.05) is 0 Å². The maximum absolute atomic E-state index is 13.3. The third kappa shape index (κ3) is 4.01. The smallest absolute Gasteiger partial charge is 0.142 e. The zero-order valence-electron chi connectivity index (χ0n) is 10.2. The van der Waals surface area contributed by atoms with Crippen molar-refractivity contribution in [2.24, 2.45) is 5.73 Å². The summed E-state index contributed by atoms with van der Waals surface area (Å²) in [6.45, 7) is 0. The van der Waals surface area contributed by atoms with Crippen LogP contribution >= 0.6 is 11.6 Å². The van der Waals surface area contributed by atoms with E-state index in [1.165, 1.54) is 24.3 Å².